The molecule has 4 rings (SSSR count). The summed E-state index contributed by atoms with van der Waals surface area (Å²) >= 11 is 6.61. The fourth-order valence-electron chi connectivity index (χ4n) is 4.44. The smallest absolute Gasteiger partial charge is 0.316 e. The number of ether oxygens (including phenoxy) is 2. The summed E-state index contributed by atoms with van der Waals surface area (Å²) in [5, 5.41) is 13.3. The lowest BCUT2D eigenvalue weighted by molar-refractivity contribution is -0.111. The predicted octanol–water partition coefficient (Wildman–Crippen LogP) is 2.66. The van der Waals surface area contributed by atoms with Crippen molar-refractivity contribution in [2.45, 2.75) is 40.0 Å². The Kier molecular flexibility index (Phi) is 8.63. The van der Waals surface area contributed by atoms with Crippen LogP contribution in [0.15, 0.2) is 30.1 Å². The summed E-state index contributed by atoms with van der Waals surface area (Å²) in [7, 11) is 3.28. The molecule has 0 radical (unpaired) electrons. The number of Topliss-reactive ketones (excluding diaryl/α,β-unsaturated/α-hetero) is 1. The van der Waals surface area contributed by atoms with Gasteiger partial charge in [0.2, 0.25) is 0 Å². The van der Waals surface area contributed by atoms with Crippen molar-refractivity contribution in [2.24, 2.45) is 5.73 Å². The Hall–Kier alpha value is -3.80. The van der Waals surface area contributed by atoms with Crippen LogP contribution in [-0.2, 0) is 17.9 Å². The van der Waals surface area contributed by atoms with Gasteiger partial charge in [-0.2, -0.15) is 4.98 Å². The lowest BCUT2D eigenvalue weighted by atomic mass is 10.0. The molecule has 0 spiro atoms. The van der Waals surface area contributed by atoms with Crippen LogP contribution in [0.4, 0.5) is 5.82 Å². The maximum Gasteiger partial charge on any atom is 0.316 e. The Labute approximate surface area is 232 Å². The molecule has 1 aliphatic heterocycles. The molecule has 3 heterocycles. The highest BCUT2D eigenvalue weighted by atomic mass is 35.5. The molecule has 2 aromatic heterocycles. The number of methoxy groups -OCH3 is 1. The lowest BCUT2D eigenvalue weighted by Gasteiger charge is -2.22. The van der Waals surface area contributed by atoms with Crippen molar-refractivity contribution in [3.05, 3.63) is 57.6 Å². The van der Waals surface area contributed by atoms with Crippen molar-refractivity contribution in [3.8, 4) is 23.1 Å². The zero-order valence-electron chi connectivity index (χ0n) is 22.6. The number of ketones is 1. The van der Waals surface area contributed by atoms with E-state index in [2.05, 4.69) is 15.3 Å². The molecule has 0 bridgehead atoms. The van der Waals surface area contributed by atoms with E-state index in [0.717, 1.165) is 11.3 Å². The molecule has 0 amide bonds. The monoisotopic (exact) mass is 553 g/mol. The van der Waals surface area contributed by atoms with E-state index in [9.17, 15) is 9.90 Å². The predicted molar refractivity (Wildman–Crippen MR) is 149 cm³/mol. The number of nitrogens with zero attached hydrogens (tertiary/aromatic N) is 5. The Morgan fingerprint density at radius 2 is 2.03 bits per heavy atom. The average Bonchev–Trinajstić information content (AvgIpc) is 3.32. The SMILES string of the molecule is CNC[C@@H](O)COc1ccc(Cl)c(-c2nc(C(C(C)=O)=C(C)N)c(C)c(N3Cc4cnc(OC)nc4C3)n2)c1. The highest BCUT2D eigenvalue weighted by molar-refractivity contribution is 6.33. The number of halogens is 1. The minimum Gasteiger partial charge on any atom is -0.491 e. The van der Waals surface area contributed by atoms with Crippen LogP contribution in [0.1, 0.15) is 36.4 Å². The molecule has 39 heavy (non-hydrogen) atoms. The molecule has 12 heteroatoms. The number of aromatic nitrogens is 4. The Morgan fingerprint density at radius 1 is 1.26 bits per heavy atom. The number of rotatable bonds is 10. The minimum atomic E-state index is -0.683. The molecule has 0 saturated heterocycles. The summed E-state index contributed by atoms with van der Waals surface area (Å²) in [4.78, 5) is 33.1. The summed E-state index contributed by atoms with van der Waals surface area (Å²) in [5.74, 6) is 1.19. The molecule has 1 aromatic carbocycles. The van der Waals surface area contributed by atoms with Crippen molar-refractivity contribution in [3.63, 3.8) is 0 Å². The topological polar surface area (TPSA) is 149 Å². The van der Waals surface area contributed by atoms with E-state index in [1.165, 1.54) is 14.0 Å². The van der Waals surface area contributed by atoms with Crippen LogP contribution in [0.25, 0.3) is 17.0 Å². The van der Waals surface area contributed by atoms with Crippen LogP contribution in [0.5, 0.6) is 11.8 Å². The Bertz CT molecular complexity index is 1430. The molecule has 0 unspecified atom stereocenters. The standard InChI is InChI=1S/C27H32ClN7O4/c1-14-24(23(15(2)29)16(3)36)33-25(20-8-19(6-7-21(20)28)39-13-18(37)10-30-4)34-26(14)35-11-17-9-31-27(38-5)32-22(17)12-35/h6-9,18,30,37H,10-13,29H2,1-5H3/t18-/m1/s1. The lowest BCUT2D eigenvalue weighted by Crippen LogP contribution is -2.29. The molecule has 11 nitrogen and oxygen atoms in total. The van der Waals surface area contributed by atoms with E-state index in [1.807, 2.05) is 11.8 Å². The molecule has 0 saturated carbocycles. The normalized spacial score (nSPS) is 14.1. The fraction of sp³-hybridized carbons (Fsp3) is 0.370. The van der Waals surface area contributed by atoms with Crippen LogP contribution < -0.4 is 25.4 Å². The maximum absolute atomic E-state index is 12.7. The molecule has 1 aliphatic rings. The van der Waals surface area contributed by atoms with Gasteiger partial charge < -0.3 is 30.5 Å². The Balaban J connectivity index is 1.82. The van der Waals surface area contributed by atoms with Crippen LogP contribution in [0.3, 0.4) is 0 Å². The van der Waals surface area contributed by atoms with Gasteiger partial charge in [0.05, 0.1) is 35.6 Å². The van der Waals surface area contributed by atoms with Crippen molar-refractivity contribution < 1.29 is 19.4 Å². The molecule has 0 fully saturated rings. The van der Waals surface area contributed by atoms with Crippen molar-refractivity contribution in [1.82, 2.24) is 25.3 Å². The number of aliphatic hydroxyl groups excluding tert-OH is 1. The average molecular weight is 554 g/mol. The number of hydrogen-bond acceptors (Lipinski definition) is 11. The highest BCUT2D eigenvalue weighted by Gasteiger charge is 2.28. The second kappa shape index (κ2) is 11.9. The first-order valence-electron chi connectivity index (χ1n) is 12.4. The van der Waals surface area contributed by atoms with Gasteiger partial charge in [-0.05, 0) is 46.0 Å². The number of nitrogens with one attached hydrogen (secondary N) is 1. The second-order valence-corrected chi connectivity index (χ2v) is 9.71. The molecular weight excluding hydrogens is 522 g/mol. The van der Waals surface area contributed by atoms with Gasteiger partial charge in [0.15, 0.2) is 11.6 Å². The first-order chi connectivity index (χ1) is 18.6. The molecule has 206 valence electrons. The number of anilines is 1. The highest BCUT2D eigenvalue weighted by Crippen LogP contribution is 2.36. The number of carbonyl (C=O) groups excluding carboxylic acids is 1. The van der Waals surface area contributed by atoms with Crippen LogP contribution >= 0.6 is 11.6 Å². The third-order valence-electron chi connectivity index (χ3n) is 6.28. The van der Waals surface area contributed by atoms with E-state index < -0.39 is 6.10 Å². The molecular formula is C27H32ClN7O4. The first kappa shape index (κ1) is 28.2. The van der Waals surface area contributed by atoms with Gasteiger partial charge in [-0.3, -0.25) is 4.79 Å². The molecule has 3 aromatic rings. The number of likely N-dealkylation sites (N-methyl/N-ethyl adjacent to an activating group) is 1. The number of allylic oxidation sites excluding steroid dienone is 2. The van der Waals surface area contributed by atoms with E-state index >= 15 is 0 Å². The quantitative estimate of drug-likeness (QED) is 0.318. The number of benzene rings is 1. The fourth-order valence-corrected chi connectivity index (χ4v) is 4.65. The van der Waals surface area contributed by atoms with Gasteiger partial charge >= 0.3 is 6.01 Å². The van der Waals surface area contributed by atoms with Crippen molar-refractivity contribution in [1.29, 1.82) is 0 Å². The summed E-state index contributed by atoms with van der Waals surface area (Å²) in [6.45, 7) is 6.44. The van der Waals surface area contributed by atoms with Gasteiger partial charge in [0.25, 0.3) is 0 Å². The van der Waals surface area contributed by atoms with E-state index in [-0.39, 0.29) is 12.4 Å². The van der Waals surface area contributed by atoms with Gasteiger partial charge in [-0.1, -0.05) is 11.6 Å². The minimum absolute atomic E-state index is 0.0906. The van der Waals surface area contributed by atoms with E-state index in [1.54, 1.807) is 38.4 Å². The largest absolute Gasteiger partial charge is 0.491 e. The van der Waals surface area contributed by atoms with Gasteiger partial charge in [0.1, 0.15) is 24.3 Å². The maximum atomic E-state index is 12.7. The number of hydrogen-bond donors (Lipinski definition) is 3. The van der Waals surface area contributed by atoms with E-state index in [0.29, 0.717) is 76.2 Å². The number of fused-ring (bicyclic) bond motifs is 1. The third kappa shape index (κ3) is 6.11. The van der Waals surface area contributed by atoms with Crippen LogP contribution in [-0.4, -0.2) is 64.2 Å². The molecule has 1 atom stereocenters. The number of nitrogens with two attached hydrogens (primary N) is 1. The molecule has 0 aliphatic carbocycles. The summed E-state index contributed by atoms with van der Waals surface area (Å²) in [5.41, 5.74) is 10.2. The number of carbonyl (C=O) groups is 1. The Morgan fingerprint density at radius 3 is 2.69 bits per heavy atom. The van der Waals surface area contributed by atoms with Gasteiger partial charge in [0, 0.05) is 41.7 Å². The van der Waals surface area contributed by atoms with Crippen molar-refractivity contribution in [2.75, 3.05) is 32.2 Å². The first-order valence-corrected chi connectivity index (χ1v) is 12.8. The zero-order valence-corrected chi connectivity index (χ0v) is 23.3. The number of aliphatic hydroxyl groups is 1. The molecule has 4 N–H and O–H groups in total. The third-order valence-corrected chi connectivity index (χ3v) is 6.61. The summed E-state index contributed by atoms with van der Waals surface area (Å²) in [6, 6.07) is 5.40. The van der Waals surface area contributed by atoms with Crippen LogP contribution in [0.2, 0.25) is 5.02 Å². The van der Waals surface area contributed by atoms with Crippen molar-refractivity contribution >= 4 is 28.8 Å². The summed E-state index contributed by atoms with van der Waals surface area (Å²) in [6.07, 6.45) is 1.06. The van der Waals surface area contributed by atoms with Gasteiger partial charge in [-0.15, -0.1) is 0 Å². The second-order valence-electron chi connectivity index (χ2n) is 9.31. The van der Waals surface area contributed by atoms with Gasteiger partial charge in [-0.25, -0.2) is 15.0 Å². The van der Waals surface area contributed by atoms with Crippen LogP contribution in [0, 0.1) is 6.92 Å². The summed E-state index contributed by atoms with van der Waals surface area (Å²) < 4.78 is 11.0. The van der Waals surface area contributed by atoms with E-state index in [4.69, 9.17) is 36.8 Å². The zero-order chi connectivity index (χ0) is 28.3.